The first-order chi connectivity index (χ1) is 25.6. The van der Waals surface area contributed by atoms with Gasteiger partial charge >= 0.3 is 0 Å². The van der Waals surface area contributed by atoms with E-state index in [4.69, 9.17) is 36.3 Å². The molecule has 268 valence electrons. The standard InChI is InChI=1S/C41H36N4O7S/c1-23(46)45-37(27-12-20-31(52-5)21-13-27)33-35(26-10-18-30(51-4)19-11-26)41(38(47)42-40(53)43-39(41)48)34(25-8-16-29(50-3)17-9-25)32(36(33)44-45)22-24-6-14-28(49-2)15-7-24/h6-22,34-35H,1-5H3,(H2,42,43,47,48,53)/b32-22-. The van der Waals surface area contributed by atoms with Gasteiger partial charge in [-0.1, -0.05) is 36.4 Å². The van der Waals surface area contributed by atoms with Gasteiger partial charge in [0.15, 0.2) is 10.5 Å². The Labute approximate surface area is 311 Å². The average Bonchev–Trinajstić information content (AvgIpc) is 3.58. The van der Waals surface area contributed by atoms with E-state index in [2.05, 4.69) is 10.6 Å². The number of hydrogen-bond acceptors (Lipinski definition) is 9. The van der Waals surface area contributed by atoms with Gasteiger partial charge in [0.25, 0.3) is 0 Å². The molecule has 2 N–H and O–H groups in total. The molecule has 0 saturated carbocycles. The van der Waals surface area contributed by atoms with Crippen molar-refractivity contribution in [3.8, 4) is 34.3 Å². The highest BCUT2D eigenvalue weighted by molar-refractivity contribution is 7.80. The zero-order chi connectivity index (χ0) is 37.4. The number of methoxy groups -OCH3 is 4. The molecule has 1 spiro atoms. The van der Waals surface area contributed by atoms with Crippen molar-refractivity contribution in [2.24, 2.45) is 5.41 Å². The topological polar surface area (TPSA) is 130 Å². The Morgan fingerprint density at radius 1 is 0.698 bits per heavy atom. The summed E-state index contributed by atoms with van der Waals surface area (Å²) in [6.07, 6.45) is 1.90. The summed E-state index contributed by atoms with van der Waals surface area (Å²) in [5.74, 6) is -1.09. The zero-order valence-electron chi connectivity index (χ0n) is 29.6. The van der Waals surface area contributed by atoms with Crippen LogP contribution in [-0.2, 0) is 9.59 Å². The van der Waals surface area contributed by atoms with Crippen LogP contribution in [0.1, 0.15) is 51.5 Å². The number of amides is 2. The van der Waals surface area contributed by atoms with Crippen molar-refractivity contribution in [2.45, 2.75) is 18.8 Å². The molecule has 1 aliphatic heterocycles. The highest BCUT2D eigenvalue weighted by Crippen LogP contribution is 2.63. The lowest BCUT2D eigenvalue weighted by Crippen LogP contribution is -2.67. The molecule has 53 heavy (non-hydrogen) atoms. The lowest BCUT2D eigenvalue weighted by atomic mass is 9.52. The summed E-state index contributed by atoms with van der Waals surface area (Å²) in [7, 11) is 6.28. The number of nitrogens with one attached hydrogen (secondary N) is 2. The molecule has 0 bridgehead atoms. The molecule has 2 unspecified atom stereocenters. The second kappa shape index (κ2) is 14.0. The normalized spacial score (nSPS) is 18.2. The number of fused-ring (bicyclic) bond motifs is 1. The molecule has 2 atom stereocenters. The Balaban J connectivity index is 1.67. The van der Waals surface area contributed by atoms with Crippen molar-refractivity contribution in [1.29, 1.82) is 0 Å². The third kappa shape index (κ3) is 5.90. The van der Waals surface area contributed by atoms with Crippen LogP contribution in [0.5, 0.6) is 23.0 Å². The smallest absolute Gasteiger partial charge is 0.244 e. The summed E-state index contributed by atoms with van der Waals surface area (Å²) < 4.78 is 23.2. The van der Waals surface area contributed by atoms with E-state index in [9.17, 15) is 4.79 Å². The van der Waals surface area contributed by atoms with Crippen LogP contribution in [0.2, 0.25) is 0 Å². The molecule has 5 aromatic rings. The molecule has 7 rings (SSSR count). The average molecular weight is 729 g/mol. The molecule has 2 aliphatic rings. The summed E-state index contributed by atoms with van der Waals surface area (Å²) >= 11 is 5.39. The number of allylic oxidation sites excluding steroid dienone is 1. The van der Waals surface area contributed by atoms with Gasteiger partial charge in [-0.3, -0.25) is 14.4 Å². The van der Waals surface area contributed by atoms with Gasteiger partial charge in [0.1, 0.15) is 23.0 Å². The fourth-order valence-electron chi connectivity index (χ4n) is 7.52. The van der Waals surface area contributed by atoms with E-state index in [1.54, 1.807) is 64.8 Å². The van der Waals surface area contributed by atoms with Gasteiger partial charge in [-0.25, -0.2) is 0 Å². The van der Waals surface area contributed by atoms with Crippen molar-refractivity contribution in [3.63, 3.8) is 0 Å². The Morgan fingerprint density at radius 2 is 1.13 bits per heavy atom. The van der Waals surface area contributed by atoms with Crippen LogP contribution < -0.4 is 29.6 Å². The number of aromatic nitrogens is 2. The Hall–Kier alpha value is -6.27. The predicted molar refractivity (Wildman–Crippen MR) is 203 cm³/mol. The summed E-state index contributed by atoms with van der Waals surface area (Å²) in [5.41, 5.74) is 2.64. The lowest BCUT2D eigenvalue weighted by molar-refractivity contribution is -0.145. The van der Waals surface area contributed by atoms with E-state index >= 15 is 9.59 Å². The highest BCUT2D eigenvalue weighted by Gasteiger charge is 2.65. The maximum atomic E-state index is 15.1. The third-order valence-corrected chi connectivity index (χ3v) is 10.1. The lowest BCUT2D eigenvalue weighted by Gasteiger charge is -2.49. The number of rotatable bonds is 8. The summed E-state index contributed by atoms with van der Waals surface area (Å²) in [6.45, 7) is 1.43. The molecule has 11 nitrogen and oxygen atoms in total. The minimum Gasteiger partial charge on any atom is -0.497 e. The maximum absolute atomic E-state index is 15.1. The van der Waals surface area contributed by atoms with Gasteiger partial charge < -0.3 is 29.6 Å². The zero-order valence-corrected chi connectivity index (χ0v) is 30.4. The monoisotopic (exact) mass is 728 g/mol. The van der Waals surface area contributed by atoms with Crippen LogP contribution >= 0.6 is 12.2 Å². The van der Waals surface area contributed by atoms with Crippen molar-refractivity contribution in [3.05, 3.63) is 125 Å². The third-order valence-electron chi connectivity index (χ3n) is 9.91. The molecule has 1 fully saturated rings. The first kappa shape index (κ1) is 35.1. The molecule has 1 aromatic heterocycles. The molecular formula is C41H36N4O7S. The van der Waals surface area contributed by atoms with Gasteiger partial charge in [0.2, 0.25) is 17.7 Å². The summed E-state index contributed by atoms with van der Waals surface area (Å²) in [4.78, 5) is 43.9. The number of carbonyl (C=O) groups is 3. The maximum Gasteiger partial charge on any atom is 0.244 e. The minimum absolute atomic E-state index is 0.103. The summed E-state index contributed by atoms with van der Waals surface area (Å²) in [6, 6.07) is 29.1. The number of thiocarbonyl (C=S) groups is 1. The first-order valence-corrected chi connectivity index (χ1v) is 17.1. The van der Waals surface area contributed by atoms with Crippen molar-refractivity contribution < 1.29 is 33.3 Å². The molecule has 1 aliphatic carbocycles. The second-order valence-electron chi connectivity index (χ2n) is 12.7. The second-order valence-corrected chi connectivity index (χ2v) is 13.1. The predicted octanol–water partition coefficient (Wildman–Crippen LogP) is 6.23. The summed E-state index contributed by atoms with van der Waals surface area (Å²) in [5, 5.41) is 10.6. The minimum atomic E-state index is -1.91. The van der Waals surface area contributed by atoms with E-state index in [-0.39, 0.29) is 11.0 Å². The molecular weight excluding hydrogens is 693 g/mol. The highest BCUT2D eigenvalue weighted by atomic mass is 32.1. The van der Waals surface area contributed by atoms with E-state index < -0.39 is 29.1 Å². The SMILES string of the molecule is COc1ccc(/C=C2\c3nn(C(C)=O)c(-c4ccc(OC)cc4)c3C(c3ccc(OC)cc3)C3(C(=O)NC(=S)NC3=O)C2c2ccc(OC)cc2)cc1. The van der Waals surface area contributed by atoms with Crippen molar-refractivity contribution >= 4 is 46.7 Å². The van der Waals surface area contributed by atoms with Crippen LogP contribution in [0.4, 0.5) is 0 Å². The van der Waals surface area contributed by atoms with E-state index in [1.807, 2.05) is 66.7 Å². The van der Waals surface area contributed by atoms with Crippen molar-refractivity contribution in [2.75, 3.05) is 28.4 Å². The van der Waals surface area contributed by atoms with Crippen LogP contribution in [0.25, 0.3) is 22.9 Å². The van der Waals surface area contributed by atoms with Gasteiger partial charge in [0.05, 0.1) is 39.8 Å². The molecule has 4 aromatic carbocycles. The largest absolute Gasteiger partial charge is 0.497 e. The van der Waals surface area contributed by atoms with Gasteiger partial charge in [-0.15, -0.1) is 0 Å². The number of ether oxygens (including phenoxy) is 4. The van der Waals surface area contributed by atoms with Gasteiger partial charge in [-0.05, 0) is 101 Å². The van der Waals surface area contributed by atoms with Gasteiger partial charge in [-0.2, -0.15) is 9.78 Å². The number of carbonyl (C=O) groups excluding carboxylic acids is 3. The quantitative estimate of drug-likeness (QED) is 0.141. The Bertz CT molecular complexity index is 2240. The van der Waals surface area contributed by atoms with E-state index in [0.717, 1.165) is 5.56 Å². The van der Waals surface area contributed by atoms with E-state index in [0.29, 0.717) is 62.2 Å². The van der Waals surface area contributed by atoms with Crippen molar-refractivity contribution in [1.82, 2.24) is 20.4 Å². The van der Waals surface area contributed by atoms with Crippen LogP contribution in [0, 0.1) is 5.41 Å². The first-order valence-electron chi connectivity index (χ1n) is 16.7. The van der Waals surface area contributed by atoms with Crippen LogP contribution in [0.15, 0.2) is 97.1 Å². The molecule has 2 heterocycles. The molecule has 0 radical (unpaired) electrons. The Morgan fingerprint density at radius 3 is 1.58 bits per heavy atom. The van der Waals surface area contributed by atoms with Crippen LogP contribution in [0.3, 0.4) is 0 Å². The molecule has 2 amide bonds. The fourth-order valence-corrected chi connectivity index (χ4v) is 7.70. The van der Waals surface area contributed by atoms with E-state index in [1.165, 1.54) is 11.6 Å². The Kier molecular flexibility index (Phi) is 9.31. The molecule has 12 heteroatoms. The van der Waals surface area contributed by atoms with Crippen LogP contribution in [-0.4, -0.2) is 61.1 Å². The number of benzene rings is 4. The fraction of sp³-hybridized carbons (Fsp3) is 0.195. The molecule has 1 saturated heterocycles. The number of hydrogen-bond donors (Lipinski definition) is 2. The number of nitrogens with zero attached hydrogens (tertiary/aromatic N) is 2. The van der Waals surface area contributed by atoms with Gasteiger partial charge in [0, 0.05) is 29.9 Å².